The molecule has 0 radical (unpaired) electrons. The van der Waals surface area contributed by atoms with E-state index in [0.717, 1.165) is 23.1 Å². The van der Waals surface area contributed by atoms with Gasteiger partial charge in [0.1, 0.15) is 5.82 Å². The van der Waals surface area contributed by atoms with Crippen molar-refractivity contribution >= 4 is 27.7 Å². The van der Waals surface area contributed by atoms with E-state index in [0.29, 0.717) is 11.3 Å². The largest absolute Gasteiger partial charge is 0.295 e. The third kappa shape index (κ3) is 3.46. The minimum atomic E-state index is -0.165. The minimum absolute atomic E-state index is 0.165. The van der Waals surface area contributed by atoms with Crippen molar-refractivity contribution in [3.8, 4) is 0 Å². The smallest absolute Gasteiger partial charge is 0.124 e. The van der Waals surface area contributed by atoms with E-state index in [9.17, 15) is 4.39 Å². The summed E-state index contributed by atoms with van der Waals surface area (Å²) in [5, 5.41) is 0.653. The summed E-state index contributed by atoms with van der Waals surface area (Å²) in [6.45, 7) is 6.45. The molecule has 1 aliphatic rings. The van der Waals surface area contributed by atoms with Crippen molar-refractivity contribution in [2.75, 3.05) is 12.3 Å². The maximum atomic E-state index is 13.3. The molecule has 94 valence electrons. The number of hydrogen-bond acceptors (Lipinski definition) is 2. The predicted molar refractivity (Wildman–Crippen MR) is 75.9 cm³/mol. The lowest BCUT2D eigenvalue weighted by molar-refractivity contribution is 0.204. The fourth-order valence-electron chi connectivity index (χ4n) is 2.16. The van der Waals surface area contributed by atoms with Gasteiger partial charge in [0.2, 0.25) is 0 Å². The summed E-state index contributed by atoms with van der Waals surface area (Å²) in [4.78, 5) is 2.43. The first-order valence-electron chi connectivity index (χ1n) is 5.87. The van der Waals surface area contributed by atoms with Crippen molar-refractivity contribution in [1.82, 2.24) is 4.90 Å². The number of thioether (sulfide) groups is 1. The van der Waals surface area contributed by atoms with Gasteiger partial charge in [0.25, 0.3) is 0 Å². The fraction of sp³-hybridized carbons (Fsp3) is 0.538. The summed E-state index contributed by atoms with van der Waals surface area (Å²) >= 11 is 5.36. The summed E-state index contributed by atoms with van der Waals surface area (Å²) in [5.41, 5.74) is 1.04. The van der Waals surface area contributed by atoms with Crippen LogP contribution in [0.4, 0.5) is 4.39 Å². The molecule has 1 aliphatic heterocycles. The van der Waals surface area contributed by atoms with Gasteiger partial charge >= 0.3 is 0 Å². The molecule has 17 heavy (non-hydrogen) atoms. The van der Waals surface area contributed by atoms with Gasteiger partial charge in [-0.05, 0) is 30.7 Å². The molecule has 2 unspecified atom stereocenters. The van der Waals surface area contributed by atoms with Crippen LogP contribution in [0.5, 0.6) is 0 Å². The molecule has 0 bridgehead atoms. The van der Waals surface area contributed by atoms with Crippen molar-refractivity contribution in [3.63, 3.8) is 0 Å². The molecule has 1 aromatic carbocycles. The van der Waals surface area contributed by atoms with E-state index in [4.69, 9.17) is 0 Å². The normalized spacial score (nSPS) is 26.1. The first kappa shape index (κ1) is 13.4. The van der Waals surface area contributed by atoms with Crippen LogP contribution in [0.25, 0.3) is 0 Å². The molecule has 0 aliphatic carbocycles. The second kappa shape index (κ2) is 5.72. The van der Waals surface area contributed by atoms with E-state index in [1.807, 2.05) is 17.8 Å². The van der Waals surface area contributed by atoms with Crippen molar-refractivity contribution in [2.45, 2.75) is 31.7 Å². The van der Waals surface area contributed by atoms with Crippen LogP contribution >= 0.6 is 27.7 Å². The van der Waals surface area contributed by atoms with Crippen molar-refractivity contribution in [3.05, 3.63) is 34.1 Å². The van der Waals surface area contributed by atoms with E-state index < -0.39 is 0 Å². The topological polar surface area (TPSA) is 3.24 Å². The molecule has 1 nitrogen and oxygen atoms in total. The Bertz CT molecular complexity index is 379. The van der Waals surface area contributed by atoms with Gasteiger partial charge in [-0.2, -0.15) is 11.8 Å². The summed E-state index contributed by atoms with van der Waals surface area (Å²) in [5.74, 6) is 1.00. The lowest BCUT2D eigenvalue weighted by atomic mass is 10.1. The Hall–Kier alpha value is -0.0600. The number of halogens is 2. The third-order valence-corrected chi connectivity index (χ3v) is 5.12. The first-order valence-corrected chi connectivity index (χ1v) is 7.71. The molecule has 2 atom stereocenters. The van der Waals surface area contributed by atoms with Crippen LogP contribution in [-0.2, 0) is 6.54 Å². The van der Waals surface area contributed by atoms with Gasteiger partial charge < -0.3 is 0 Å². The van der Waals surface area contributed by atoms with Crippen LogP contribution in [0.2, 0.25) is 0 Å². The van der Waals surface area contributed by atoms with E-state index in [1.54, 1.807) is 6.07 Å². The highest BCUT2D eigenvalue weighted by Gasteiger charge is 2.25. The molecule has 4 heteroatoms. The Labute approximate surface area is 115 Å². The van der Waals surface area contributed by atoms with Gasteiger partial charge in [0.15, 0.2) is 0 Å². The molecule has 0 aromatic heterocycles. The lowest BCUT2D eigenvalue weighted by Crippen LogP contribution is -2.43. The zero-order valence-corrected chi connectivity index (χ0v) is 12.5. The summed E-state index contributed by atoms with van der Waals surface area (Å²) in [6, 6.07) is 5.68. The maximum absolute atomic E-state index is 13.3. The average Bonchev–Trinajstić information content (AvgIpc) is 2.23. The van der Waals surface area contributed by atoms with E-state index >= 15 is 0 Å². The molecule has 1 saturated heterocycles. The molecule has 1 heterocycles. The Morgan fingerprint density at radius 3 is 2.88 bits per heavy atom. The zero-order chi connectivity index (χ0) is 12.4. The lowest BCUT2D eigenvalue weighted by Gasteiger charge is -2.37. The minimum Gasteiger partial charge on any atom is -0.295 e. The molecular formula is C13H17BrFNS. The van der Waals surface area contributed by atoms with E-state index in [2.05, 4.69) is 34.7 Å². The van der Waals surface area contributed by atoms with Crippen LogP contribution in [0, 0.1) is 5.82 Å². The highest BCUT2D eigenvalue weighted by atomic mass is 79.9. The van der Waals surface area contributed by atoms with Crippen LogP contribution < -0.4 is 0 Å². The third-order valence-electron chi connectivity index (χ3n) is 3.32. The molecule has 2 rings (SSSR count). The van der Waals surface area contributed by atoms with Gasteiger partial charge in [-0.3, -0.25) is 4.90 Å². The van der Waals surface area contributed by atoms with Gasteiger partial charge in [-0.25, -0.2) is 4.39 Å². The quantitative estimate of drug-likeness (QED) is 0.813. The van der Waals surface area contributed by atoms with E-state index in [1.165, 1.54) is 11.8 Å². The summed E-state index contributed by atoms with van der Waals surface area (Å²) in [6.07, 6.45) is 0. The first-order chi connectivity index (χ1) is 8.06. The van der Waals surface area contributed by atoms with Gasteiger partial charge in [-0.15, -0.1) is 0 Å². The van der Waals surface area contributed by atoms with Crippen molar-refractivity contribution in [2.24, 2.45) is 0 Å². The number of benzene rings is 1. The monoisotopic (exact) mass is 317 g/mol. The SMILES string of the molecule is CC1SCCN(Cc2cc(F)cc(Br)c2)C1C. The van der Waals surface area contributed by atoms with Crippen molar-refractivity contribution < 1.29 is 4.39 Å². The molecule has 0 spiro atoms. The average molecular weight is 318 g/mol. The molecule has 1 fully saturated rings. The van der Waals surface area contributed by atoms with Crippen LogP contribution in [0.1, 0.15) is 19.4 Å². The van der Waals surface area contributed by atoms with Gasteiger partial charge in [0, 0.05) is 34.6 Å². The number of hydrogen-bond donors (Lipinski definition) is 0. The van der Waals surface area contributed by atoms with Crippen LogP contribution in [-0.4, -0.2) is 28.5 Å². The molecule has 0 amide bonds. The molecule has 1 aromatic rings. The second-order valence-electron chi connectivity index (χ2n) is 4.56. The Balaban J connectivity index is 2.09. The number of nitrogens with zero attached hydrogens (tertiary/aromatic N) is 1. The Morgan fingerprint density at radius 1 is 1.41 bits per heavy atom. The van der Waals surface area contributed by atoms with E-state index in [-0.39, 0.29) is 5.82 Å². The standard InChI is InChI=1S/C13H17BrFNS/c1-9-10(2)17-4-3-16(9)8-11-5-12(14)7-13(15)6-11/h5-7,9-10H,3-4,8H2,1-2H3. The van der Waals surface area contributed by atoms with Gasteiger partial charge in [0.05, 0.1) is 0 Å². The Morgan fingerprint density at radius 2 is 2.18 bits per heavy atom. The highest BCUT2D eigenvalue weighted by molar-refractivity contribution is 9.10. The highest BCUT2D eigenvalue weighted by Crippen LogP contribution is 2.26. The van der Waals surface area contributed by atoms with Crippen LogP contribution in [0.15, 0.2) is 22.7 Å². The molecule has 0 N–H and O–H groups in total. The predicted octanol–water partition coefficient (Wildman–Crippen LogP) is 3.91. The number of rotatable bonds is 2. The summed E-state index contributed by atoms with van der Waals surface area (Å²) in [7, 11) is 0. The maximum Gasteiger partial charge on any atom is 0.124 e. The van der Waals surface area contributed by atoms with Crippen LogP contribution in [0.3, 0.4) is 0 Å². The molecular weight excluding hydrogens is 301 g/mol. The fourth-order valence-corrected chi connectivity index (χ4v) is 3.83. The Kier molecular flexibility index (Phi) is 4.50. The van der Waals surface area contributed by atoms with Crippen molar-refractivity contribution in [1.29, 1.82) is 0 Å². The van der Waals surface area contributed by atoms with Gasteiger partial charge in [-0.1, -0.05) is 22.9 Å². The summed E-state index contributed by atoms with van der Waals surface area (Å²) < 4.78 is 14.1. The molecule has 0 saturated carbocycles. The zero-order valence-electron chi connectivity index (χ0n) is 10.1. The second-order valence-corrected chi connectivity index (χ2v) is 6.97.